The highest BCUT2D eigenvalue weighted by Crippen LogP contribution is 2.24. The maximum absolute atomic E-state index is 12.3. The molecular weight excluding hydrogens is 286 g/mol. The molecule has 2 aromatic rings. The lowest BCUT2D eigenvalue weighted by Crippen LogP contribution is -2.26. The van der Waals surface area contributed by atoms with Crippen LogP contribution in [0.25, 0.3) is 0 Å². The zero-order valence-corrected chi connectivity index (χ0v) is 12.3. The number of primary amides is 1. The molecule has 0 aliphatic rings. The first-order valence-electron chi connectivity index (χ1n) is 6.31. The van der Waals surface area contributed by atoms with E-state index in [2.05, 4.69) is 0 Å². The minimum Gasteiger partial charge on any atom is -0.444 e. The van der Waals surface area contributed by atoms with Gasteiger partial charge in [0.2, 0.25) is 6.10 Å². The van der Waals surface area contributed by atoms with Crippen LogP contribution in [0, 0.1) is 0 Å². The predicted molar refractivity (Wildman–Crippen MR) is 82.0 cm³/mol. The molecule has 0 spiro atoms. The van der Waals surface area contributed by atoms with Crippen molar-refractivity contribution in [2.24, 2.45) is 5.73 Å². The van der Waals surface area contributed by atoms with Crippen LogP contribution in [-0.2, 0) is 9.53 Å². The molecule has 0 aliphatic heterocycles. The lowest BCUT2D eigenvalue weighted by Gasteiger charge is -2.16. The average Bonchev–Trinajstić information content (AvgIpc) is 2.52. The summed E-state index contributed by atoms with van der Waals surface area (Å²) < 4.78 is 5.30. The zero-order valence-electron chi connectivity index (χ0n) is 11.5. The number of ether oxygens (including phenoxy) is 1. The number of thioether (sulfide) groups is 1. The van der Waals surface area contributed by atoms with Crippen LogP contribution in [0.2, 0.25) is 0 Å². The molecule has 0 aromatic heterocycles. The van der Waals surface area contributed by atoms with Gasteiger partial charge in [0, 0.05) is 10.5 Å². The lowest BCUT2D eigenvalue weighted by molar-refractivity contribution is -0.127. The third-order valence-electron chi connectivity index (χ3n) is 2.91. The van der Waals surface area contributed by atoms with Gasteiger partial charge >= 0.3 is 5.97 Å². The summed E-state index contributed by atoms with van der Waals surface area (Å²) in [6.45, 7) is 0. The molecule has 108 valence electrons. The standard InChI is InChI=1S/C16H15NO3S/c1-21-13-10-6-5-9-12(13)16(19)20-14(15(17)18)11-7-3-2-4-8-11/h2-10,14H,1H3,(H2,17,18). The highest BCUT2D eigenvalue weighted by Gasteiger charge is 2.24. The maximum atomic E-state index is 12.3. The van der Waals surface area contributed by atoms with Crippen LogP contribution in [0.1, 0.15) is 22.0 Å². The first kappa shape index (κ1) is 15.1. The minimum atomic E-state index is -1.09. The summed E-state index contributed by atoms with van der Waals surface area (Å²) in [6, 6.07) is 15.8. The summed E-state index contributed by atoms with van der Waals surface area (Å²) >= 11 is 1.44. The molecule has 0 heterocycles. The summed E-state index contributed by atoms with van der Waals surface area (Å²) in [5.41, 5.74) is 6.32. The van der Waals surface area contributed by atoms with E-state index < -0.39 is 18.0 Å². The van der Waals surface area contributed by atoms with E-state index in [0.717, 1.165) is 4.90 Å². The number of hydrogen-bond acceptors (Lipinski definition) is 4. The van der Waals surface area contributed by atoms with Crippen molar-refractivity contribution in [3.63, 3.8) is 0 Å². The number of esters is 1. The number of benzene rings is 2. The van der Waals surface area contributed by atoms with Crippen LogP contribution in [0.5, 0.6) is 0 Å². The van der Waals surface area contributed by atoms with Gasteiger partial charge in [0.15, 0.2) is 0 Å². The van der Waals surface area contributed by atoms with E-state index in [4.69, 9.17) is 10.5 Å². The minimum absolute atomic E-state index is 0.423. The Morgan fingerprint density at radius 3 is 2.29 bits per heavy atom. The molecule has 2 N–H and O–H groups in total. The quantitative estimate of drug-likeness (QED) is 0.681. The molecule has 0 saturated carbocycles. The Kier molecular flexibility index (Phi) is 5.00. The van der Waals surface area contributed by atoms with Crippen LogP contribution >= 0.6 is 11.8 Å². The van der Waals surface area contributed by atoms with Gasteiger partial charge in [-0.05, 0) is 18.4 Å². The molecule has 2 rings (SSSR count). The molecule has 4 nitrogen and oxygen atoms in total. The van der Waals surface area contributed by atoms with Crippen molar-refractivity contribution < 1.29 is 14.3 Å². The molecule has 2 aromatic carbocycles. The third kappa shape index (κ3) is 3.64. The van der Waals surface area contributed by atoms with Crippen molar-refractivity contribution in [3.05, 3.63) is 65.7 Å². The maximum Gasteiger partial charge on any atom is 0.340 e. The molecule has 0 radical (unpaired) electrons. The first-order valence-corrected chi connectivity index (χ1v) is 7.54. The molecule has 0 bridgehead atoms. The van der Waals surface area contributed by atoms with E-state index in [9.17, 15) is 9.59 Å². The number of carbonyl (C=O) groups excluding carboxylic acids is 2. The van der Waals surface area contributed by atoms with Gasteiger partial charge in [0.1, 0.15) is 0 Å². The smallest absolute Gasteiger partial charge is 0.340 e. The van der Waals surface area contributed by atoms with Crippen LogP contribution in [0.15, 0.2) is 59.5 Å². The number of hydrogen-bond donors (Lipinski definition) is 1. The Balaban J connectivity index is 2.25. The number of nitrogens with two attached hydrogens (primary N) is 1. The van der Waals surface area contributed by atoms with Gasteiger partial charge in [-0.15, -0.1) is 11.8 Å². The molecule has 1 amide bonds. The molecular formula is C16H15NO3S. The topological polar surface area (TPSA) is 69.4 Å². The highest BCUT2D eigenvalue weighted by atomic mass is 32.2. The predicted octanol–water partition coefficient (Wildman–Crippen LogP) is 2.79. The molecule has 1 atom stereocenters. The van der Waals surface area contributed by atoms with Crippen molar-refractivity contribution in [2.45, 2.75) is 11.0 Å². The molecule has 0 saturated heterocycles. The van der Waals surface area contributed by atoms with Crippen LogP contribution in [0.4, 0.5) is 0 Å². The van der Waals surface area contributed by atoms with E-state index in [1.165, 1.54) is 11.8 Å². The van der Waals surface area contributed by atoms with Crippen LogP contribution in [0.3, 0.4) is 0 Å². The monoisotopic (exact) mass is 301 g/mol. The van der Waals surface area contributed by atoms with E-state index in [1.54, 1.807) is 36.4 Å². The second-order valence-electron chi connectivity index (χ2n) is 4.30. The van der Waals surface area contributed by atoms with Crippen LogP contribution in [-0.4, -0.2) is 18.1 Å². The van der Waals surface area contributed by atoms with Gasteiger partial charge < -0.3 is 10.5 Å². The van der Waals surface area contributed by atoms with Gasteiger partial charge in [-0.2, -0.15) is 0 Å². The van der Waals surface area contributed by atoms with Gasteiger partial charge in [-0.1, -0.05) is 42.5 Å². The van der Waals surface area contributed by atoms with E-state index in [0.29, 0.717) is 11.1 Å². The Morgan fingerprint density at radius 2 is 1.67 bits per heavy atom. The molecule has 21 heavy (non-hydrogen) atoms. The SMILES string of the molecule is CSc1ccccc1C(=O)OC(C(N)=O)c1ccccc1. The normalized spacial score (nSPS) is 11.7. The molecule has 0 fully saturated rings. The third-order valence-corrected chi connectivity index (χ3v) is 3.71. The van der Waals surface area contributed by atoms with Gasteiger partial charge in [-0.25, -0.2) is 4.79 Å². The van der Waals surface area contributed by atoms with Gasteiger partial charge in [0.05, 0.1) is 5.56 Å². The summed E-state index contributed by atoms with van der Waals surface area (Å²) in [5, 5.41) is 0. The highest BCUT2D eigenvalue weighted by molar-refractivity contribution is 7.98. The second kappa shape index (κ2) is 6.95. The summed E-state index contributed by atoms with van der Waals surface area (Å²) in [7, 11) is 0. The summed E-state index contributed by atoms with van der Waals surface area (Å²) in [4.78, 5) is 24.6. The van der Waals surface area contributed by atoms with Gasteiger partial charge in [-0.3, -0.25) is 4.79 Å². The first-order chi connectivity index (χ1) is 10.1. The Morgan fingerprint density at radius 1 is 1.05 bits per heavy atom. The van der Waals surface area contributed by atoms with Crippen molar-refractivity contribution in [2.75, 3.05) is 6.26 Å². The fourth-order valence-electron chi connectivity index (χ4n) is 1.90. The second-order valence-corrected chi connectivity index (χ2v) is 5.15. The van der Waals surface area contributed by atoms with Crippen molar-refractivity contribution in [3.8, 4) is 0 Å². The van der Waals surface area contributed by atoms with E-state index in [1.807, 2.05) is 24.5 Å². The number of rotatable bonds is 5. The van der Waals surface area contributed by atoms with Crippen molar-refractivity contribution in [1.29, 1.82) is 0 Å². The van der Waals surface area contributed by atoms with Crippen molar-refractivity contribution in [1.82, 2.24) is 0 Å². The largest absolute Gasteiger partial charge is 0.444 e. The Hall–Kier alpha value is -2.27. The molecule has 0 aliphatic carbocycles. The van der Waals surface area contributed by atoms with Crippen molar-refractivity contribution >= 4 is 23.6 Å². The number of amides is 1. The van der Waals surface area contributed by atoms with Gasteiger partial charge in [0.25, 0.3) is 5.91 Å². The van der Waals surface area contributed by atoms with E-state index >= 15 is 0 Å². The summed E-state index contributed by atoms with van der Waals surface area (Å²) in [5.74, 6) is -1.26. The Labute approximate surface area is 127 Å². The number of carbonyl (C=O) groups is 2. The van der Waals surface area contributed by atoms with Crippen LogP contribution < -0.4 is 5.73 Å². The Bertz CT molecular complexity index is 643. The van der Waals surface area contributed by atoms with E-state index in [-0.39, 0.29) is 0 Å². The molecule has 1 unspecified atom stereocenters. The fourth-order valence-corrected chi connectivity index (χ4v) is 2.49. The zero-order chi connectivity index (χ0) is 15.2. The molecule has 5 heteroatoms. The average molecular weight is 301 g/mol. The fraction of sp³-hybridized carbons (Fsp3) is 0.125. The lowest BCUT2D eigenvalue weighted by atomic mass is 10.1. The summed E-state index contributed by atoms with van der Waals surface area (Å²) in [6.07, 6.45) is 0.781.